The van der Waals surface area contributed by atoms with Crippen LogP contribution >= 0.6 is 0 Å². The highest BCUT2D eigenvalue weighted by atomic mass is 19.4. The van der Waals surface area contributed by atoms with E-state index in [9.17, 15) is 13.2 Å². The first-order chi connectivity index (χ1) is 3.56. The van der Waals surface area contributed by atoms with E-state index in [-0.39, 0.29) is 6.40 Å². The van der Waals surface area contributed by atoms with E-state index in [2.05, 4.69) is 4.74 Å². The van der Waals surface area contributed by atoms with Crippen molar-refractivity contribution in [3.05, 3.63) is 0 Å². The fourth-order valence-electron chi connectivity index (χ4n) is 0.136. The van der Waals surface area contributed by atoms with Gasteiger partial charge in [-0.05, 0) is 0 Å². The molecule has 0 aliphatic carbocycles. The number of nitrogens with one attached hydrogen (secondary N) is 1. The lowest BCUT2D eigenvalue weighted by Gasteiger charge is -2.02. The molecule has 8 heavy (non-hydrogen) atoms. The van der Waals surface area contributed by atoms with Gasteiger partial charge in [-0.15, -0.1) is 0 Å². The molecule has 0 spiro atoms. The fraction of sp³-hybridized carbons (Fsp3) is 0.667. The van der Waals surface area contributed by atoms with Crippen LogP contribution in [-0.2, 0) is 4.74 Å². The maximum Gasteiger partial charge on any atom is 0.422 e. The van der Waals surface area contributed by atoms with Crippen molar-refractivity contribution in [3.63, 3.8) is 0 Å². The van der Waals surface area contributed by atoms with E-state index in [4.69, 9.17) is 5.41 Å². The highest BCUT2D eigenvalue weighted by molar-refractivity contribution is 5.40. The average molecular weight is 127 g/mol. The minimum Gasteiger partial charge on any atom is -0.474 e. The topological polar surface area (TPSA) is 33.1 Å². The highest BCUT2D eigenvalue weighted by Gasteiger charge is 2.27. The van der Waals surface area contributed by atoms with E-state index in [1.807, 2.05) is 0 Å². The summed E-state index contributed by atoms with van der Waals surface area (Å²) in [4.78, 5) is 0. The maximum absolute atomic E-state index is 11.0. The highest BCUT2D eigenvalue weighted by Crippen LogP contribution is 2.13. The Kier molecular flexibility index (Phi) is 2.30. The Bertz CT molecular complexity index is 79.1. The van der Waals surface area contributed by atoms with Gasteiger partial charge in [-0.3, -0.25) is 5.41 Å². The molecule has 2 nitrogen and oxygen atoms in total. The smallest absolute Gasteiger partial charge is 0.422 e. The first-order valence-corrected chi connectivity index (χ1v) is 1.73. The normalized spacial score (nSPS) is 10.9. The third-order valence-corrected chi connectivity index (χ3v) is 0.330. The van der Waals surface area contributed by atoms with E-state index in [1.165, 1.54) is 0 Å². The molecule has 0 unspecified atom stereocenters. The number of hydrogen-bond acceptors (Lipinski definition) is 2. The van der Waals surface area contributed by atoms with Gasteiger partial charge in [-0.1, -0.05) is 0 Å². The first kappa shape index (κ1) is 7.26. The third-order valence-electron chi connectivity index (χ3n) is 0.330. The molecule has 0 amide bonds. The molecule has 0 aromatic carbocycles. The van der Waals surface area contributed by atoms with E-state index >= 15 is 0 Å². The Hall–Kier alpha value is -0.740. The van der Waals surface area contributed by atoms with Crippen LogP contribution in [0, 0.1) is 5.41 Å². The van der Waals surface area contributed by atoms with Gasteiger partial charge in [0.2, 0.25) is 0 Å². The van der Waals surface area contributed by atoms with Crippen molar-refractivity contribution in [1.29, 1.82) is 5.41 Å². The fourth-order valence-corrected chi connectivity index (χ4v) is 0.136. The van der Waals surface area contributed by atoms with E-state index in [0.717, 1.165) is 0 Å². The molecule has 0 saturated carbocycles. The molecule has 1 N–H and O–H groups in total. The standard InChI is InChI=1S/C3H4F3NO/c4-3(5,6)1-8-2-7/h2,7H,1H2. The summed E-state index contributed by atoms with van der Waals surface area (Å²) in [6.45, 7) is -1.38. The zero-order chi connectivity index (χ0) is 6.62. The molecule has 0 rings (SSSR count). The molecule has 5 heteroatoms. The van der Waals surface area contributed by atoms with Crippen molar-refractivity contribution in [2.45, 2.75) is 6.18 Å². The molecule has 0 atom stereocenters. The van der Waals surface area contributed by atoms with Gasteiger partial charge in [0.25, 0.3) is 0 Å². The number of alkyl halides is 3. The number of hydrogen-bond donors (Lipinski definition) is 1. The molecular formula is C3H4F3NO. The molecule has 0 radical (unpaired) electrons. The van der Waals surface area contributed by atoms with Crippen molar-refractivity contribution in [2.75, 3.05) is 6.61 Å². The quantitative estimate of drug-likeness (QED) is 0.438. The van der Waals surface area contributed by atoms with Crippen LogP contribution in [0.5, 0.6) is 0 Å². The predicted molar refractivity (Wildman–Crippen MR) is 20.8 cm³/mol. The molecule has 0 bridgehead atoms. The lowest BCUT2D eigenvalue weighted by molar-refractivity contribution is -0.155. The Balaban J connectivity index is 3.24. The van der Waals surface area contributed by atoms with Crippen LogP contribution in [0.3, 0.4) is 0 Å². The third kappa shape index (κ3) is 5.26. The molecule has 0 aromatic rings. The first-order valence-electron chi connectivity index (χ1n) is 1.73. The molecule has 0 aliphatic heterocycles. The van der Waals surface area contributed by atoms with Crippen LogP contribution in [-0.4, -0.2) is 19.2 Å². The molecule has 0 saturated heterocycles. The summed E-state index contributed by atoms with van der Waals surface area (Å²) in [7, 11) is 0. The SMILES string of the molecule is N=COCC(F)(F)F. The minimum atomic E-state index is -4.32. The Morgan fingerprint density at radius 1 is 1.50 bits per heavy atom. The molecule has 0 aliphatic rings. The second-order valence-corrected chi connectivity index (χ2v) is 1.04. The zero-order valence-corrected chi connectivity index (χ0v) is 3.83. The molecular weight excluding hydrogens is 123 g/mol. The number of rotatable bonds is 2. The lowest BCUT2D eigenvalue weighted by Crippen LogP contribution is -2.15. The van der Waals surface area contributed by atoms with Crippen molar-refractivity contribution in [1.82, 2.24) is 0 Å². The Morgan fingerprint density at radius 2 is 2.00 bits per heavy atom. The molecule has 0 heterocycles. The van der Waals surface area contributed by atoms with Crippen LogP contribution < -0.4 is 0 Å². The summed E-state index contributed by atoms with van der Waals surface area (Å²) < 4.78 is 36.7. The van der Waals surface area contributed by atoms with Crippen LogP contribution in [0.15, 0.2) is 0 Å². The Morgan fingerprint density at radius 3 is 2.12 bits per heavy atom. The predicted octanol–water partition coefficient (Wildman–Crippen LogP) is 1.17. The van der Waals surface area contributed by atoms with Crippen molar-refractivity contribution in [2.24, 2.45) is 0 Å². The lowest BCUT2D eigenvalue weighted by atomic mass is 10.7. The van der Waals surface area contributed by atoms with Crippen molar-refractivity contribution in [3.8, 4) is 0 Å². The summed E-state index contributed by atoms with van der Waals surface area (Å²) >= 11 is 0. The van der Waals surface area contributed by atoms with Gasteiger partial charge in [0.15, 0.2) is 13.0 Å². The molecule has 0 aromatic heterocycles. The number of ether oxygens (including phenoxy) is 1. The number of halogens is 3. The van der Waals surface area contributed by atoms with Gasteiger partial charge in [-0.25, -0.2) is 0 Å². The second-order valence-electron chi connectivity index (χ2n) is 1.04. The van der Waals surface area contributed by atoms with Crippen molar-refractivity contribution < 1.29 is 17.9 Å². The average Bonchev–Trinajstić information content (AvgIpc) is 1.59. The van der Waals surface area contributed by atoms with Gasteiger partial charge < -0.3 is 4.74 Å². The summed E-state index contributed by atoms with van der Waals surface area (Å²) in [6, 6.07) is 0. The van der Waals surface area contributed by atoms with Crippen molar-refractivity contribution >= 4 is 6.40 Å². The van der Waals surface area contributed by atoms with Gasteiger partial charge in [-0.2, -0.15) is 13.2 Å². The summed E-state index contributed by atoms with van der Waals surface area (Å²) in [5.41, 5.74) is 0. The van der Waals surface area contributed by atoms with Gasteiger partial charge in [0.05, 0.1) is 0 Å². The van der Waals surface area contributed by atoms with Crippen LogP contribution in [0.1, 0.15) is 0 Å². The largest absolute Gasteiger partial charge is 0.474 e. The molecule has 0 fully saturated rings. The van der Waals surface area contributed by atoms with Crippen LogP contribution in [0.2, 0.25) is 0 Å². The van der Waals surface area contributed by atoms with E-state index in [0.29, 0.717) is 0 Å². The van der Waals surface area contributed by atoms with Crippen LogP contribution in [0.25, 0.3) is 0 Å². The van der Waals surface area contributed by atoms with Gasteiger partial charge >= 0.3 is 6.18 Å². The minimum absolute atomic E-state index is 0.257. The van der Waals surface area contributed by atoms with Gasteiger partial charge in [0, 0.05) is 0 Å². The van der Waals surface area contributed by atoms with Gasteiger partial charge in [0.1, 0.15) is 0 Å². The Labute approximate surface area is 43.8 Å². The van der Waals surface area contributed by atoms with E-state index < -0.39 is 12.8 Å². The molecule has 48 valence electrons. The monoisotopic (exact) mass is 127 g/mol. The second kappa shape index (κ2) is 2.54. The summed E-state index contributed by atoms with van der Waals surface area (Å²) in [5.74, 6) is 0. The van der Waals surface area contributed by atoms with Crippen LogP contribution in [0.4, 0.5) is 13.2 Å². The summed E-state index contributed by atoms with van der Waals surface area (Å²) in [5, 5.41) is 6.04. The van der Waals surface area contributed by atoms with E-state index in [1.54, 1.807) is 0 Å². The summed E-state index contributed by atoms with van der Waals surface area (Å²) in [6.07, 6.45) is -4.06. The maximum atomic E-state index is 11.0. The zero-order valence-electron chi connectivity index (χ0n) is 3.83.